The lowest BCUT2D eigenvalue weighted by Crippen LogP contribution is -2.39. The van der Waals surface area contributed by atoms with E-state index in [0.29, 0.717) is 30.3 Å². The fourth-order valence-corrected chi connectivity index (χ4v) is 3.56. The first-order valence-electron chi connectivity index (χ1n) is 7.84. The quantitative estimate of drug-likeness (QED) is 0.609. The van der Waals surface area contributed by atoms with Crippen molar-refractivity contribution < 1.29 is 9.13 Å². The van der Waals surface area contributed by atoms with Crippen LogP contribution >= 0.6 is 23.2 Å². The fraction of sp³-hybridized carbons (Fsp3) is 0.222. The topological polar surface area (TPSA) is 38.2 Å². The lowest BCUT2D eigenvalue weighted by Gasteiger charge is -2.34. The van der Waals surface area contributed by atoms with Crippen molar-refractivity contribution in [1.29, 1.82) is 0 Å². The van der Waals surface area contributed by atoms with E-state index in [1.54, 1.807) is 6.33 Å². The third-order valence-electron chi connectivity index (χ3n) is 4.27. The first-order valence-corrected chi connectivity index (χ1v) is 8.60. The van der Waals surface area contributed by atoms with Crippen molar-refractivity contribution >= 4 is 39.9 Å². The van der Waals surface area contributed by atoms with Crippen LogP contribution in [0.15, 0.2) is 42.7 Å². The minimum Gasteiger partial charge on any atom is -0.370 e. The summed E-state index contributed by atoms with van der Waals surface area (Å²) >= 11 is 12.0. The number of morpholine rings is 1. The lowest BCUT2D eigenvalue weighted by molar-refractivity contribution is 0.0395. The van der Waals surface area contributed by atoms with E-state index in [1.807, 2.05) is 24.3 Å². The van der Waals surface area contributed by atoms with Crippen molar-refractivity contribution in [2.75, 3.05) is 24.6 Å². The van der Waals surface area contributed by atoms with Gasteiger partial charge in [0.25, 0.3) is 0 Å². The highest BCUT2D eigenvalue weighted by molar-refractivity contribution is 6.35. The van der Waals surface area contributed by atoms with Crippen molar-refractivity contribution in [2.45, 2.75) is 6.10 Å². The van der Waals surface area contributed by atoms with Gasteiger partial charge in [0.05, 0.1) is 17.1 Å². The van der Waals surface area contributed by atoms with E-state index in [2.05, 4.69) is 14.9 Å². The number of fused-ring (bicyclic) bond motifs is 1. The molecular formula is C18H14Cl2FN3O. The maximum Gasteiger partial charge on any atom is 0.142 e. The van der Waals surface area contributed by atoms with Gasteiger partial charge in [-0.15, -0.1) is 0 Å². The van der Waals surface area contributed by atoms with Gasteiger partial charge in [0, 0.05) is 29.1 Å². The molecule has 1 fully saturated rings. The number of hydrogen-bond donors (Lipinski definition) is 0. The molecule has 0 spiro atoms. The average molecular weight is 378 g/mol. The molecule has 0 saturated carbocycles. The van der Waals surface area contributed by atoms with Crippen LogP contribution in [0.1, 0.15) is 11.7 Å². The fourth-order valence-electron chi connectivity index (χ4n) is 3.06. The monoisotopic (exact) mass is 377 g/mol. The number of nitrogens with zero attached hydrogens (tertiary/aromatic N) is 3. The molecular weight excluding hydrogens is 364 g/mol. The molecule has 1 aliphatic heterocycles. The number of benzene rings is 2. The first kappa shape index (κ1) is 16.5. The van der Waals surface area contributed by atoms with Gasteiger partial charge in [0.2, 0.25) is 0 Å². The Morgan fingerprint density at radius 3 is 2.84 bits per heavy atom. The standard InChI is InChI=1S/C18H14Cl2FN3O/c19-13-8-14(20)15(21)7-12(13)17-9-24(5-6-25-17)18-11-3-1-2-4-16(11)22-10-23-18/h1-4,7-8,10,17H,5-6,9H2. The molecule has 0 N–H and O–H groups in total. The molecule has 0 bridgehead atoms. The van der Waals surface area contributed by atoms with Crippen LogP contribution in [0.3, 0.4) is 0 Å². The minimum absolute atomic E-state index is 0.00297. The molecule has 1 saturated heterocycles. The summed E-state index contributed by atoms with van der Waals surface area (Å²) in [5, 5.41) is 1.37. The van der Waals surface area contributed by atoms with Crippen LogP contribution in [0, 0.1) is 5.82 Å². The van der Waals surface area contributed by atoms with Gasteiger partial charge < -0.3 is 9.64 Å². The molecule has 1 atom stereocenters. The van der Waals surface area contributed by atoms with E-state index in [0.717, 1.165) is 16.7 Å². The summed E-state index contributed by atoms with van der Waals surface area (Å²) in [4.78, 5) is 10.9. The second kappa shape index (κ2) is 6.75. The van der Waals surface area contributed by atoms with Crippen molar-refractivity contribution in [1.82, 2.24) is 9.97 Å². The van der Waals surface area contributed by atoms with E-state index in [9.17, 15) is 4.39 Å². The summed E-state index contributed by atoms with van der Waals surface area (Å²) in [6.07, 6.45) is 1.19. The van der Waals surface area contributed by atoms with Crippen LogP contribution in [-0.4, -0.2) is 29.7 Å². The lowest BCUT2D eigenvalue weighted by atomic mass is 10.1. The maximum atomic E-state index is 13.9. The van der Waals surface area contributed by atoms with Crippen LogP contribution in [-0.2, 0) is 4.74 Å². The van der Waals surface area contributed by atoms with E-state index in [-0.39, 0.29) is 11.1 Å². The number of anilines is 1. The minimum atomic E-state index is -0.505. The largest absolute Gasteiger partial charge is 0.370 e. The van der Waals surface area contributed by atoms with Crippen LogP contribution in [0.2, 0.25) is 10.0 Å². The third kappa shape index (κ3) is 3.15. The van der Waals surface area contributed by atoms with E-state index in [4.69, 9.17) is 27.9 Å². The molecule has 2 aromatic carbocycles. The third-order valence-corrected chi connectivity index (χ3v) is 4.89. The number of halogens is 3. The summed E-state index contributed by atoms with van der Waals surface area (Å²) in [6.45, 7) is 1.69. The summed E-state index contributed by atoms with van der Waals surface area (Å²) < 4.78 is 19.7. The Kier molecular flexibility index (Phi) is 4.46. The molecule has 25 heavy (non-hydrogen) atoms. The second-order valence-electron chi connectivity index (χ2n) is 5.81. The first-order chi connectivity index (χ1) is 12.1. The van der Waals surface area contributed by atoms with E-state index in [1.165, 1.54) is 12.1 Å². The Hall–Kier alpha value is -1.95. The summed E-state index contributed by atoms with van der Waals surface area (Å²) in [6, 6.07) is 10.6. The van der Waals surface area contributed by atoms with Gasteiger partial charge >= 0.3 is 0 Å². The number of aromatic nitrogens is 2. The Bertz CT molecular complexity index is 932. The molecule has 0 radical (unpaired) electrons. The number of ether oxygens (including phenoxy) is 1. The molecule has 2 heterocycles. The Balaban J connectivity index is 1.68. The number of hydrogen-bond acceptors (Lipinski definition) is 4. The van der Waals surface area contributed by atoms with Crippen molar-refractivity contribution in [3.8, 4) is 0 Å². The highest BCUT2D eigenvalue weighted by atomic mass is 35.5. The predicted octanol–water partition coefficient (Wildman–Crippen LogP) is 4.65. The zero-order valence-electron chi connectivity index (χ0n) is 13.1. The zero-order valence-corrected chi connectivity index (χ0v) is 14.6. The SMILES string of the molecule is Fc1cc(C2CN(c3ncnc4ccccc34)CCO2)c(Cl)cc1Cl. The van der Waals surface area contributed by atoms with Crippen molar-refractivity contribution in [3.05, 3.63) is 64.2 Å². The zero-order chi connectivity index (χ0) is 17.4. The number of para-hydroxylation sites is 1. The Labute approximate surface area is 154 Å². The molecule has 1 aromatic heterocycles. The summed E-state index contributed by atoms with van der Waals surface area (Å²) in [5.41, 5.74) is 1.47. The van der Waals surface area contributed by atoms with Crippen LogP contribution in [0.4, 0.5) is 10.2 Å². The normalized spacial score (nSPS) is 17.9. The Morgan fingerprint density at radius 2 is 1.96 bits per heavy atom. The Morgan fingerprint density at radius 1 is 1.12 bits per heavy atom. The highest BCUT2D eigenvalue weighted by Gasteiger charge is 2.26. The second-order valence-corrected chi connectivity index (χ2v) is 6.62. The van der Waals surface area contributed by atoms with Crippen molar-refractivity contribution in [2.24, 2.45) is 0 Å². The van der Waals surface area contributed by atoms with Gasteiger partial charge in [0.15, 0.2) is 0 Å². The van der Waals surface area contributed by atoms with Gasteiger partial charge in [0.1, 0.15) is 24.1 Å². The van der Waals surface area contributed by atoms with Gasteiger partial charge in [-0.05, 0) is 24.3 Å². The molecule has 4 nitrogen and oxygen atoms in total. The molecule has 4 rings (SSSR count). The van der Waals surface area contributed by atoms with Crippen LogP contribution in [0.25, 0.3) is 10.9 Å². The number of rotatable bonds is 2. The van der Waals surface area contributed by atoms with Gasteiger partial charge in [-0.25, -0.2) is 14.4 Å². The van der Waals surface area contributed by atoms with Crippen LogP contribution < -0.4 is 4.90 Å². The molecule has 128 valence electrons. The van der Waals surface area contributed by atoms with Gasteiger partial charge in [-0.2, -0.15) is 0 Å². The molecule has 0 aliphatic carbocycles. The predicted molar refractivity (Wildman–Crippen MR) is 96.9 cm³/mol. The van der Waals surface area contributed by atoms with Gasteiger partial charge in [-0.1, -0.05) is 35.3 Å². The maximum absolute atomic E-state index is 13.9. The highest BCUT2D eigenvalue weighted by Crippen LogP contribution is 2.34. The van der Waals surface area contributed by atoms with Crippen LogP contribution in [0.5, 0.6) is 0 Å². The smallest absolute Gasteiger partial charge is 0.142 e. The van der Waals surface area contributed by atoms with Crippen molar-refractivity contribution in [3.63, 3.8) is 0 Å². The van der Waals surface area contributed by atoms with E-state index >= 15 is 0 Å². The molecule has 7 heteroatoms. The van der Waals surface area contributed by atoms with E-state index < -0.39 is 5.82 Å². The molecule has 1 aliphatic rings. The molecule has 3 aromatic rings. The summed E-state index contributed by atoms with van der Waals surface area (Å²) in [5.74, 6) is 0.332. The molecule has 0 amide bonds. The van der Waals surface area contributed by atoms with Gasteiger partial charge in [-0.3, -0.25) is 0 Å². The summed E-state index contributed by atoms with van der Waals surface area (Å²) in [7, 11) is 0. The molecule has 1 unspecified atom stereocenters. The average Bonchev–Trinajstić information content (AvgIpc) is 2.64.